The van der Waals surface area contributed by atoms with Crippen LogP contribution in [0.2, 0.25) is 0 Å². The zero-order valence-corrected chi connectivity index (χ0v) is 9.43. The van der Waals surface area contributed by atoms with Crippen LogP contribution in [0.1, 0.15) is 70.6 Å². The van der Waals surface area contributed by atoms with Crippen LogP contribution < -0.4 is 5.73 Å². The molecule has 0 radical (unpaired) electrons. The molecule has 0 aromatic rings. The van der Waals surface area contributed by atoms with Crippen molar-refractivity contribution in [3.8, 4) is 0 Å². The molecule has 2 fully saturated rings. The van der Waals surface area contributed by atoms with Crippen LogP contribution in [0, 0.1) is 5.92 Å². The van der Waals surface area contributed by atoms with E-state index in [1.54, 1.807) is 0 Å². The van der Waals surface area contributed by atoms with E-state index in [0.29, 0.717) is 0 Å². The molecule has 0 spiro atoms. The van der Waals surface area contributed by atoms with Gasteiger partial charge in [0, 0.05) is 5.54 Å². The topological polar surface area (TPSA) is 26.0 Å². The van der Waals surface area contributed by atoms with Crippen molar-refractivity contribution in [2.75, 3.05) is 0 Å². The van der Waals surface area contributed by atoms with Gasteiger partial charge < -0.3 is 5.73 Å². The molecule has 0 unspecified atom stereocenters. The summed E-state index contributed by atoms with van der Waals surface area (Å²) in [5.74, 6) is 1.04. The second kappa shape index (κ2) is 4.65. The van der Waals surface area contributed by atoms with Crippen molar-refractivity contribution in [3.63, 3.8) is 0 Å². The molecule has 2 saturated carbocycles. The molecule has 0 aromatic carbocycles. The standard InChI is InChI=1S/C13H25N/c14-13(9-3-1-2-4-10-13)11-8-12-6-5-7-12/h12H,1-11,14H2. The average Bonchev–Trinajstić information content (AvgIpc) is 2.28. The summed E-state index contributed by atoms with van der Waals surface area (Å²) in [4.78, 5) is 0. The van der Waals surface area contributed by atoms with Gasteiger partial charge >= 0.3 is 0 Å². The highest BCUT2D eigenvalue weighted by atomic mass is 14.7. The fraction of sp³-hybridized carbons (Fsp3) is 1.00. The molecule has 2 aliphatic carbocycles. The van der Waals surface area contributed by atoms with Crippen LogP contribution in [0.25, 0.3) is 0 Å². The van der Waals surface area contributed by atoms with Crippen molar-refractivity contribution in [1.29, 1.82) is 0 Å². The van der Waals surface area contributed by atoms with E-state index < -0.39 is 0 Å². The molecule has 82 valence electrons. The smallest absolute Gasteiger partial charge is 0.0154 e. The molecular formula is C13H25N. The maximum Gasteiger partial charge on any atom is 0.0154 e. The summed E-state index contributed by atoms with van der Waals surface area (Å²) in [6, 6.07) is 0. The van der Waals surface area contributed by atoms with Gasteiger partial charge in [-0.1, -0.05) is 44.9 Å². The van der Waals surface area contributed by atoms with E-state index in [1.807, 2.05) is 0 Å². The van der Waals surface area contributed by atoms with Gasteiger partial charge in [0.15, 0.2) is 0 Å². The Morgan fingerprint density at radius 2 is 1.57 bits per heavy atom. The lowest BCUT2D eigenvalue weighted by atomic mass is 9.77. The highest BCUT2D eigenvalue weighted by molar-refractivity contribution is 4.87. The minimum Gasteiger partial charge on any atom is -0.325 e. The summed E-state index contributed by atoms with van der Waals surface area (Å²) in [6.07, 6.45) is 15.3. The molecule has 1 nitrogen and oxygen atoms in total. The monoisotopic (exact) mass is 195 g/mol. The highest BCUT2D eigenvalue weighted by Crippen LogP contribution is 2.35. The Balaban J connectivity index is 1.74. The Bertz CT molecular complexity index is 164. The average molecular weight is 195 g/mol. The Kier molecular flexibility index (Phi) is 3.48. The molecule has 0 aliphatic heterocycles. The van der Waals surface area contributed by atoms with Crippen LogP contribution in [-0.4, -0.2) is 5.54 Å². The van der Waals surface area contributed by atoms with Crippen molar-refractivity contribution in [1.82, 2.24) is 0 Å². The Labute approximate surface area is 88.4 Å². The van der Waals surface area contributed by atoms with E-state index in [0.717, 1.165) is 5.92 Å². The maximum atomic E-state index is 6.49. The van der Waals surface area contributed by atoms with Crippen molar-refractivity contribution >= 4 is 0 Å². The minimum atomic E-state index is 0.228. The molecule has 0 heterocycles. The number of nitrogens with two attached hydrogens (primary N) is 1. The highest BCUT2D eigenvalue weighted by Gasteiger charge is 2.28. The lowest BCUT2D eigenvalue weighted by Gasteiger charge is -2.33. The van der Waals surface area contributed by atoms with E-state index in [9.17, 15) is 0 Å². The first kappa shape index (κ1) is 10.5. The first-order valence-electron chi connectivity index (χ1n) is 6.57. The number of hydrogen-bond acceptors (Lipinski definition) is 1. The fourth-order valence-corrected chi connectivity index (χ4v) is 2.96. The molecular weight excluding hydrogens is 170 g/mol. The van der Waals surface area contributed by atoms with Gasteiger partial charge in [0.05, 0.1) is 0 Å². The van der Waals surface area contributed by atoms with Gasteiger partial charge in [-0.15, -0.1) is 0 Å². The third-order valence-electron chi connectivity index (χ3n) is 4.37. The molecule has 14 heavy (non-hydrogen) atoms. The van der Waals surface area contributed by atoms with E-state index in [2.05, 4.69) is 0 Å². The summed E-state index contributed by atoms with van der Waals surface area (Å²) in [7, 11) is 0. The van der Waals surface area contributed by atoms with Crippen LogP contribution in [0.3, 0.4) is 0 Å². The van der Waals surface area contributed by atoms with Gasteiger partial charge in [-0.2, -0.15) is 0 Å². The van der Waals surface area contributed by atoms with Crippen LogP contribution >= 0.6 is 0 Å². The van der Waals surface area contributed by atoms with Gasteiger partial charge in [-0.3, -0.25) is 0 Å². The molecule has 2 N–H and O–H groups in total. The second-order valence-electron chi connectivity index (χ2n) is 5.61. The lowest BCUT2D eigenvalue weighted by Crippen LogP contribution is -2.39. The van der Waals surface area contributed by atoms with Gasteiger partial charge in [-0.05, 0) is 31.6 Å². The van der Waals surface area contributed by atoms with Gasteiger partial charge in [-0.25, -0.2) is 0 Å². The SMILES string of the molecule is NC1(CCC2CCC2)CCCCCC1. The van der Waals surface area contributed by atoms with Crippen molar-refractivity contribution < 1.29 is 0 Å². The molecule has 1 heteroatoms. The summed E-state index contributed by atoms with van der Waals surface area (Å²) in [6.45, 7) is 0. The summed E-state index contributed by atoms with van der Waals surface area (Å²) < 4.78 is 0. The second-order valence-corrected chi connectivity index (χ2v) is 5.61. The predicted molar refractivity (Wildman–Crippen MR) is 61.2 cm³/mol. The molecule has 0 atom stereocenters. The van der Waals surface area contributed by atoms with Crippen molar-refractivity contribution in [2.24, 2.45) is 11.7 Å². The zero-order valence-electron chi connectivity index (χ0n) is 9.43. The van der Waals surface area contributed by atoms with Crippen molar-refractivity contribution in [3.05, 3.63) is 0 Å². The van der Waals surface area contributed by atoms with E-state index in [4.69, 9.17) is 5.73 Å². The Morgan fingerprint density at radius 3 is 2.07 bits per heavy atom. The zero-order chi connectivity index (χ0) is 9.86. The summed E-state index contributed by atoms with van der Waals surface area (Å²) >= 11 is 0. The van der Waals surface area contributed by atoms with E-state index in [1.165, 1.54) is 70.6 Å². The normalized spacial score (nSPS) is 28.1. The van der Waals surface area contributed by atoms with E-state index >= 15 is 0 Å². The predicted octanol–water partition coefficient (Wildman–Crippen LogP) is 3.62. The van der Waals surface area contributed by atoms with Crippen molar-refractivity contribution in [2.45, 2.75) is 76.2 Å². The van der Waals surface area contributed by atoms with Gasteiger partial charge in [0.2, 0.25) is 0 Å². The van der Waals surface area contributed by atoms with E-state index in [-0.39, 0.29) is 5.54 Å². The third-order valence-corrected chi connectivity index (χ3v) is 4.37. The summed E-state index contributed by atoms with van der Waals surface area (Å²) in [5.41, 5.74) is 6.71. The third kappa shape index (κ3) is 2.73. The van der Waals surface area contributed by atoms with Crippen LogP contribution in [0.15, 0.2) is 0 Å². The van der Waals surface area contributed by atoms with Crippen LogP contribution in [0.5, 0.6) is 0 Å². The molecule has 0 saturated heterocycles. The Morgan fingerprint density at radius 1 is 0.929 bits per heavy atom. The van der Waals surface area contributed by atoms with Gasteiger partial charge in [0.25, 0.3) is 0 Å². The minimum absolute atomic E-state index is 0.228. The van der Waals surface area contributed by atoms with Gasteiger partial charge in [0.1, 0.15) is 0 Å². The quantitative estimate of drug-likeness (QED) is 0.684. The first-order chi connectivity index (χ1) is 6.79. The maximum absolute atomic E-state index is 6.49. The molecule has 0 amide bonds. The fourth-order valence-electron chi connectivity index (χ4n) is 2.96. The largest absolute Gasteiger partial charge is 0.325 e. The molecule has 2 rings (SSSR count). The first-order valence-corrected chi connectivity index (χ1v) is 6.57. The molecule has 0 aromatic heterocycles. The van der Waals surface area contributed by atoms with Crippen LogP contribution in [0.4, 0.5) is 0 Å². The number of hydrogen-bond donors (Lipinski definition) is 1. The molecule has 0 bridgehead atoms. The molecule has 2 aliphatic rings. The summed E-state index contributed by atoms with van der Waals surface area (Å²) in [5, 5.41) is 0. The number of rotatable bonds is 3. The Hall–Kier alpha value is -0.0400. The lowest BCUT2D eigenvalue weighted by molar-refractivity contribution is 0.242. The van der Waals surface area contributed by atoms with Crippen LogP contribution in [-0.2, 0) is 0 Å².